The van der Waals surface area contributed by atoms with E-state index in [9.17, 15) is 9.18 Å². The lowest BCUT2D eigenvalue weighted by atomic mass is 10.1. The number of halogens is 3. The number of hydrogen-bond donors (Lipinski definition) is 0. The molecule has 0 saturated heterocycles. The Balaban J connectivity index is 2.21. The molecule has 0 aromatic heterocycles. The molecule has 0 radical (unpaired) electrons. The van der Waals surface area contributed by atoms with E-state index in [0.29, 0.717) is 6.54 Å². The smallest absolute Gasteiger partial charge is 0.256 e. The second-order valence-corrected chi connectivity index (χ2v) is 5.62. The van der Waals surface area contributed by atoms with Crippen LogP contribution in [-0.2, 0) is 6.54 Å². The lowest BCUT2D eigenvalue weighted by molar-refractivity contribution is 0.0780. The summed E-state index contributed by atoms with van der Waals surface area (Å²) in [6, 6.07) is 12.0. The highest BCUT2D eigenvalue weighted by Gasteiger charge is 2.18. The summed E-state index contributed by atoms with van der Waals surface area (Å²) in [4.78, 5) is 13.7. The molecular weight excluding hydrogens is 345 g/mol. The Kier molecular flexibility index (Phi) is 4.78. The predicted molar refractivity (Wildman–Crippen MR) is 81.3 cm³/mol. The molecule has 0 fully saturated rings. The molecule has 2 rings (SSSR count). The van der Waals surface area contributed by atoms with E-state index in [-0.39, 0.29) is 10.6 Å². The van der Waals surface area contributed by atoms with Crippen molar-refractivity contribution in [2.75, 3.05) is 7.05 Å². The second-order valence-electron chi connectivity index (χ2n) is 4.35. The number of hydrogen-bond acceptors (Lipinski definition) is 1. The van der Waals surface area contributed by atoms with Gasteiger partial charge in [0, 0.05) is 18.1 Å². The van der Waals surface area contributed by atoms with Gasteiger partial charge in [-0.1, -0.05) is 51.8 Å². The summed E-state index contributed by atoms with van der Waals surface area (Å²) in [6.45, 7) is 0.381. The molecule has 2 nitrogen and oxygen atoms in total. The maximum Gasteiger partial charge on any atom is 0.256 e. The molecule has 5 heteroatoms. The zero-order chi connectivity index (χ0) is 14.7. The number of nitrogens with zero attached hydrogens (tertiary/aromatic N) is 1. The standard InChI is InChI=1S/C15H12BrClFNO/c1-19(9-10-5-2-3-7-12(10)16)15(20)11-6-4-8-13(17)14(11)18/h2-8H,9H2,1H3. The number of benzene rings is 2. The van der Waals surface area contributed by atoms with E-state index in [1.165, 1.54) is 17.0 Å². The molecule has 2 aromatic carbocycles. The van der Waals surface area contributed by atoms with Gasteiger partial charge in [-0.15, -0.1) is 0 Å². The minimum atomic E-state index is -0.682. The first-order chi connectivity index (χ1) is 9.50. The number of rotatable bonds is 3. The highest BCUT2D eigenvalue weighted by Crippen LogP contribution is 2.21. The van der Waals surface area contributed by atoms with E-state index < -0.39 is 11.7 Å². The van der Waals surface area contributed by atoms with Crippen LogP contribution in [0.3, 0.4) is 0 Å². The molecule has 0 saturated carbocycles. The Morgan fingerprint density at radius 2 is 1.95 bits per heavy atom. The minimum absolute atomic E-state index is 0.0212. The Labute approximate surface area is 130 Å². The molecule has 104 valence electrons. The van der Waals surface area contributed by atoms with E-state index in [1.807, 2.05) is 24.3 Å². The first kappa shape index (κ1) is 15.0. The van der Waals surface area contributed by atoms with Gasteiger partial charge in [0.2, 0.25) is 0 Å². The molecule has 20 heavy (non-hydrogen) atoms. The van der Waals surface area contributed by atoms with Crippen molar-refractivity contribution in [3.8, 4) is 0 Å². The SMILES string of the molecule is CN(Cc1ccccc1Br)C(=O)c1cccc(Cl)c1F. The average Bonchev–Trinajstić information content (AvgIpc) is 2.43. The molecule has 0 bridgehead atoms. The summed E-state index contributed by atoms with van der Waals surface area (Å²) < 4.78 is 14.8. The summed E-state index contributed by atoms with van der Waals surface area (Å²) in [7, 11) is 1.63. The third-order valence-electron chi connectivity index (χ3n) is 2.89. The van der Waals surface area contributed by atoms with Crippen LogP contribution in [-0.4, -0.2) is 17.9 Å². The molecule has 0 unspecified atom stereocenters. The van der Waals surface area contributed by atoms with Gasteiger partial charge in [0.25, 0.3) is 5.91 Å². The molecule has 2 aromatic rings. The van der Waals surface area contributed by atoms with Crippen LogP contribution in [0.4, 0.5) is 4.39 Å². The highest BCUT2D eigenvalue weighted by atomic mass is 79.9. The molecule has 0 spiro atoms. The van der Waals surface area contributed by atoms with E-state index in [1.54, 1.807) is 13.1 Å². The van der Waals surface area contributed by atoms with Crippen LogP contribution in [0.1, 0.15) is 15.9 Å². The maximum absolute atomic E-state index is 13.8. The first-order valence-corrected chi connectivity index (χ1v) is 7.10. The second kappa shape index (κ2) is 6.37. The van der Waals surface area contributed by atoms with Crippen molar-refractivity contribution in [3.63, 3.8) is 0 Å². The zero-order valence-corrected chi connectivity index (χ0v) is 13.1. The molecule has 0 aliphatic heterocycles. The Morgan fingerprint density at radius 1 is 1.25 bits per heavy atom. The minimum Gasteiger partial charge on any atom is -0.337 e. The average molecular weight is 357 g/mol. The summed E-state index contributed by atoms with van der Waals surface area (Å²) >= 11 is 9.12. The summed E-state index contributed by atoms with van der Waals surface area (Å²) in [6.07, 6.45) is 0. The van der Waals surface area contributed by atoms with Crippen LogP contribution in [0, 0.1) is 5.82 Å². The number of carbonyl (C=O) groups excluding carboxylic acids is 1. The largest absolute Gasteiger partial charge is 0.337 e. The lowest BCUT2D eigenvalue weighted by Crippen LogP contribution is -2.27. The van der Waals surface area contributed by atoms with E-state index >= 15 is 0 Å². The first-order valence-electron chi connectivity index (χ1n) is 5.93. The van der Waals surface area contributed by atoms with Crippen LogP contribution in [0.25, 0.3) is 0 Å². The molecule has 1 amide bonds. The third-order valence-corrected chi connectivity index (χ3v) is 3.96. The van der Waals surface area contributed by atoms with Crippen LogP contribution >= 0.6 is 27.5 Å². The fraction of sp³-hybridized carbons (Fsp3) is 0.133. The zero-order valence-electron chi connectivity index (χ0n) is 10.7. The van der Waals surface area contributed by atoms with Gasteiger partial charge in [0.1, 0.15) is 0 Å². The molecule has 0 aliphatic carbocycles. The summed E-state index contributed by atoms with van der Waals surface area (Å²) in [5, 5.41) is -0.0508. The van der Waals surface area contributed by atoms with Gasteiger partial charge in [-0.05, 0) is 23.8 Å². The van der Waals surface area contributed by atoms with Crippen molar-refractivity contribution in [2.24, 2.45) is 0 Å². The van der Waals surface area contributed by atoms with E-state index in [2.05, 4.69) is 15.9 Å². The Morgan fingerprint density at radius 3 is 2.65 bits per heavy atom. The van der Waals surface area contributed by atoms with Crippen molar-refractivity contribution in [1.82, 2.24) is 4.90 Å². The number of amides is 1. The molecule has 0 atom stereocenters. The van der Waals surface area contributed by atoms with Gasteiger partial charge in [0.15, 0.2) is 5.82 Å². The summed E-state index contributed by atoms with van der Waals surface area (Å²) in [5.74, 6) is -1.08. The van der Waals surface area contributed by atoms with Gasteiger partial charge < -0.3 is 4.90 Å². The van der Waals surface area contributed by atoms with Gasteiger partial charge >= 0.3 is 0 Å². The Bertz CT molecular complexity index is 648. The third kappa shape index (κ3) is 3.19. The van der Waals surface area contributed by atoms with Crippen LogP contribution in [0.2, 0.25) is 5.02 Å². The van der Waals surface area contributed by atoms with Gasteiger partial charge in [-0.3, -0.25) is 4.79 Å². The predicted octanol–water partition coefficient (Wildman–Crippen LogP) is 4.51. The topological polar surface area (TPSA) is 20.3 Å². The Hall–Kier alpha value is -1.39. The van der Waals surface area contributed by atoms with Gasteiger partial charge in [-0.25, -0.2) is 4.39 Å². The van der Waals surface area contributed by atoms with Crippen molar-refractivity contribution >= 4 is 33.4 Å². The van der Waals surface area contributed by atoms with Crippen molar-refractivity contribution < 1.29 is 9.18 Å². The van der Waals surface area contributed by atoms with Crippen LogP contribution in [0.15, 0.2) is 46.9 Å². The van der Waals surface area contributed by atoms with Gasteiger partial charge in [0.05, 0.1) is 10.6 Å². The molecule has 0 aliphatic rings. The molecule has 0 N–H and O–H groups in total. The fourth-order valence-electron chi connectivity index (χ4n) is 1.83. The van der Waals surface area contributed by atoms with E-state index in [0.717, 1.165) is 10.0 Å². The molecule has 0 heterocycles. The van der Waals surface area contributed by atoms with Crippen LogP contribution in [0.5, 0.6) is 0 Å². The van der Waals surface area contributed by atoms with E-state index in [4.69, 9.17) is 11.6 Å². The normalized spacial score (nSPS) is 10.4. The monoisotopic (exact) mass is 355 g/mol. The van der Waals surface area contributed by atoms with Crippen LogP contribution < -0.4 is 0 Å². The quantitative estimate of drug-likeness (QED) is 0.792. The fourth-order valence-corrected chi connectivity index (χ4v) is 2.41. The van der Waals surface area contributed by atoms with Crippen molar-refractivity contribution in [2.45, 2.75) is 6.54 Å². The van der Waals surface area contributed by atoms with Crippen molar-refractivity contribution in [3.05, 3.63) is 68.9 Å². The lowest BCUT2D eigenvalue weighted by Gasteiger charge is -2.18. The van der Waals surface area contributed by atoms with Crippen molar-refractivity contribution in [1.29, 1.82) is 0 Å². The highest BCUT2D eigenvalue weighted by molar-refractivity contribution is 9.10. The maximum atomic E-state index is 13.8. The number of carbonyl (C=O) groups is 1. The van der Waals surface area contributed by atoms with Gasteiger partial charge in [-0.2, -0.15) is 0 Å². The molecular formula is C15H12BrClFNO. The summed E-state index contributed by atoms with van der Waals surface area (Å²) in [5.41, 5.74) is 0.929.